The fourth-order valence-corrected chi connectivity index (χ4v) is 5.51. The summed E-state index contributed by atoms with van der Waals surface area (Å²) < 4.78 is 90.4. The Morgan fingerprint density at radius 2 is 1.30 bits per heavy atom. The maximum Gasteiger partial charge on any atom is 0.313 e. The van der Waals surface area contributed by atoms with Gasteiger partial charge < -0.3 is 58.0 Å². The molecule has 0 amide bonds. The van der Waals surface area contributed by atoms with E-state index in [4.69, 9.17) is 37.9 Å². The molecule has 0 aliphatic carbocycles. The molecule has 20 heteroatoms. The van der Waals surface area contributed by atoms with Crippen molar-refractivity contribution in [3.8, 4) is 5.75 Å². The van der Waals surface area contributed by atoms with Crippen LogP contribution >= 0.6 is 0 Å². The van der Waals surface area contributed by atoms with Gasteiger partial charge in [0.2, 0.25) is 5.75 Å². The summed E-state index contributed by atoms with van der Waals surface area (Å²) in [6.45, 7) is 12.5. The molecule has 1 aliphatic heterocycles. The summed E-state index contributed by atoms with van der Waals surface area (Å²) in [5, 5.41) is 21.2. The van der Waals surface area contributed by atoms with Gasteiger partial charge in [-0.05, 0) is 26.6 Å². The number of esters is 1. The SMILES string of the molecule is CNCCCN1CCN(CCOCCOCCOCCOCc2cn(CCOCCOCCOCCOCCC(=O)Oc3c(F)cc(F)cc3F)nn2)C(CO)C1. The van der Waals surface area contributed by atoms with E-state index in [1.165, 1.54) is 0 Å². The van der Waals surface area contributed by atoms with Crippen LogP contribution in [0.3, 0.4) is 0 Å². The third-order valence-electron chi connectivity index (χ3n) is 8.49. The molecule has 2 heterocycles. The maximum absolute atomic E-state index is 13.5. The lowest BCUT2D eigenvalue weighted by molar-refractivity contribution is -0.136. The van der Waals surface area contributed by atoms with Crippen molar-refractivity contribution in [2.75, 3.05) is 152 Å². The number of halogens is 3. The summed E-state index contributed by atoms with van der Waals surface area (Å²) in [5.41, 5.74) is 0.708. The smallest absolute Gasteiger partial charge is 0.313 e. The highest BCUT2D eigenvalue weighted by Crippen LogP contribution is 2.23. The van der Waals surface area contributed by atoms with Gasteiger partial charge in [0.15, 0.2) is 11.6 Å². The summed E-state index contributed by atoms with van der Waals surface area (Å²) in [6.07, 6.45) is 2.67. The van der Waals surface area contributed by atoms with Crippen molar-refractivity contribution in [1.82, 2.24) is 30.1 Å². The van der Waals surface area contributed by atoms with Crippen LogP contribution < -0.4 is 10.1 Å². The van der Waals surface area contributed by atoms with Crippen LogP contribution in [-0.2, 0) is 55.8 Å². The van der Waals surface area contributed by atoms with E-state index < -0.39 is 29.2 Å². The summed E-state index contributed by atoms with van der Waals surface area (Å²) in [5.74, 6) is -5.57. The topological polar surface area (TPSA) is 170 Å². The first-order chi connectivity index (χ1) is 27.9. The molecule has 57 heavy (non-hydrogen) atoms. The van der Waals surface area contributed by atoms with Gasteiger partial charge in [-0.2, -0.15) is 0 Å². The van der Waals surface area contributed by atoms with Crippen LogP contribution in [0.2, 0.25) is 0 Å². The van der Waals surface area contributed by atoms with E-state index >= 15 is 0 Å². The van der Waals surface area contributed by atoms with Crippen LogP contribution in [0.1, 0.15) is 18.5 Å². The summed E-state index contributed by atoms with van der Waals surface area (Å²) in [4.78, 5) is 16.5. The fourth-order valence-electron chi connectivity index (χ4n) is 5.51. The lowest BCUT2D eigenvalue weighted by atomic mass is 10.1. The third kappa shape index (κ3) is 22.2. The van der Waals surface area contributed by atoms with Gasteiger partial charge in [0.25, 0.3) is 0 Å². The number of aromatic nitrogens is 3. The first-order valence-corrected chi connectivity index (χ1v) is 19.5. The Hall–Kier alpha value is -2.86. The largest absolute Gasteiger partial charge is 0.420 e. The van der Waals surface area contributed by atoms with Crippen LogP contribution in [0.15, 0.2) is 18.3 Å². The molecule has 3 rings (SSSR count). The Morgan fingerprint density at radius 3 is 1.88 bits per heavy atom. The van der Waals surface area contributed by atoms with Crippen molar-refractivity contribution in [3.05, 3.63) is 41.5 Å². The minimum atomic E-state index is -1.30. The molecule has 0 radical (unpaired) electrons. The van der Waals surface area contributed by atoms with Crippen molar-refractivity contribution in [2.24, 2.45) is 0 Å². The van der Waals surface area contributed by atoms with Gasteiger partial charge >= 0.3 is 5.97 Å². The number of carbonyl (C=O) groups is 1. The first kappa shape index (κ1) is 48.5. The minimum absolute atomic E-state index is 0.0405. The second-order valence-electron chi connectivity index (χ2n) is 12.9. The van der Waals surface area contributed by atoms with E-state index in [2.05, 4.69) is 30.2 Å². The van der Waals surface area contributed by atoms with Crippen LogP contribution in [-0.4, -0.2) is 194 Å². The Kier molecular flexibility index (Phi) is 26.5. The molecule has 1 aromatic carbocycles. The van der Waals surface area contributed by atoms with Crippen LogP contribution in [0.5, 0.6) is 5.75 Å². The molecule has 17 nitrogen and oxygen atoms in total. The number of nitrogens with one attached hydrogen (secondary N) is 1. The van der Waals surface area contributed by atoms with E-state index in [1.807, 2.05) is 7.05 Å². The number of aliphatic hydroxyl groups is 1. The van der Waals surface area contributed by atoms with Gasteiger partial charge in [0, 0.05) is 44.4 Å². The van der Waals surface area contributed by atoms with Gasteiger partial charge in [-0.15, -0.1) is 5.10 Å². The summed E-state index contributed by atoms with van der Waals surface area (Å²) in [6, 6.07) is 1.01. The number of ether oxygens (including phenoxy) is 9. The zero-order valence-corrected chi connectivity index (χ0v) is 33.1. The van der Waals surface area contributed by atoms with Crippen molar-refractivity contribution in [3.63, 3.8) is 0 Å². The predicted molar refractivity (Wildman–Crippen MR) is 199 cm³/mol. The average molecular weight is 823 g/mol. The highest BCUT2D eigenvalue weighted by atomic mass is 19.1. The van der Waals surface area contributed by atoms with Gasteiger partial charge in [0.1, 0.15) is 11.5 Å². The number of rotatable bonds is 35. The monoisotopic (exact) mass is 822 g/mol. The van der Waals surface area contributed by atoms with Gasteiger partial charge in [-0.25, -0.2) is 17.9 Å². The molecule has 0 saturated carbocycles. The Bertz CT molecular complexity index is 1310. The van der Waals surface area contributed by atoms with Crippen molar-refractivity contribution in [1.29, 1.82) is 0 Å². The first-order valence-electron chi connectivity index (χ1n) is 19.5. The molecule has 1 atom stereocenters. The number of benzene rings is 1. The second kappa shape index (κ2) is 31.1. The summed E-state index contributed by atoms with van der Waals surface area (Å²) >= 11 is 0. The van der Waals surface area contributed by atoms with Gasteiger partial charge in [-0.1, -0.05) is 5.21 Å². The lowest BCUT2D eigenvalue weighted by Gasteiger charge is -2.40. The van der Waals surface area contributed by atoms with Gasteiger partial charge in [0.05, 0.1) is 131 Å². The van der Waals surface area contributed by atoms with Crippen molar-refractivity contribution in [2.45, 2.75) is 32.0 Å². The van der Waals surface area contributed by atoms with Crippen molar-refractivity contribution < 1.29 is 65.7 Å². The van der Waals surface area contributed by atoms with E-state index in [9.17, 15) is 23.1 Å². The molecule has 1 saturated heterocycles. The quantitative estimate of drug-likeness (QED) is 0.0571. The average Bonchev–Trinajstić information content (AvgIpc) is 3.65. The molecular weight excluding hydrogens is 761 g/mol. The fraction of sp³-hybridized carbons (Fsp3) is 0.757. The molecule has 0 bridgehead atoms. The molecular formula is C37H61F3N6O11. The number of carbonyl (C=O) groups excluding carboxylic acids is 1. The number of hydrogen-bond donors (Lipinski definition) is 2. The van der Waals surface area contributed by atoms with E-state index in [-0.39, 0.29) is 38.9 Å². The van der Waals surface area contributed by atoms with Gasteiger partial charge in [-0.3, -0.25) is 9.69 Å². The molecule has 1 aromatic heterocycles. The lowest BCUT2D eigenvalue weighted by Crippen LogP contribution is -2.55. The number of piperazine rings is 1. The Balaban J connectivity index is 1.02. The standard InChI is InChI=1S/C37H61F3N6O11/c1-41-4-2-5-44-6-7-45(33(28-44)29-47)8-11-50-14-17-53-21-22-55-23-24-56-30-32-27-46(43-42-32)9-12-51-15-18-54-20-19-52-16-13-49-10-3-36(48)57-37-34(39)25-31(38)26-35(37)40/h25-27,33,41,47H,2-24,28-30H2,1H3. The Morgan fingerprint density at radius 1 is 0.754 bits per heavy atom. The molecule has 1 unspecified atom stereocenters. The number of hydrogen-bond acceptors (Lipinski definition) is 16. The number of aliphatic hydroxyl groups excluding tert-OH is 1. The molecule has 0 spiro atoms. The Labute approximate surface area is 332 Å². The van der Waals surface area contributed by atoms with Crippen LogP contribution in [0.4, 0.5) is 13.2 Å². The van der Waals surface area contributed by atoms with Crippen LogP contribution in [0, 0.1) is 17.5 Å². The molecule has 1 fully saturated rings. The highest BCUT2D eigenvalue weighted by molar-refractivity contribution is 5.72. The number of nitrogens with zero attached hydrogens (tertiary/aromatic N) is 5. The highest BCUT2D eigenvalue weighted by Gasteiger charge is 2.25. The zero-order chi connectivity index (χ0) is 40.8. The molecule has 2 N–H and O–H groups in total. The normalized spacial score (nSPS) is 15.1. The molecule has 326 valence electrons. The maximum atomic E-state index is 13.5. The van der Waals surface area contributed by atoms with Crippen molar-refractivity contribution >= 4 is 5.97 Å². The predicted octanol–water partition coefficient (Wildman–Crippen LogP) is 0.912. The summed E-state index contributed by atoms with van der Waals surface area (Å²) in [7, 11) is 1.97. The third-order valence-corrected chi connectivity index (χ3v) is 8.49. The van der Waals surface area contributed by atoms with Crippen LogP contribution in [0.25, 0.3) is 0 Å². The van der Waals surface area contributed by atoms with E-state index in [0.29, 0.717) is 110 Å². The second-order valence-corrected chi connectivity index (χ2v) is 12.9. The zero-order valence-electron chi connectivity index (χ0n) is 33.1. The van der Waals surface area contributed by atoms with E-state index in [1.54, 1.807) is 10.9 Å². The molecule has 2 aromatic rings. The van der Waals surface area contributed by atoms with E-state index in [0.717, 1.165) is 45.7 Å². The molecule has 1 aliphatic rings. The minimum Gasteiger partial charge on any atom is -0.420 e.